The number of morpholine rings is 1. The van der Waals surface area contributed by atoms with Gasteiger partial charge in [-0.3, -0.25) is 14.5 Å². The number of nitriles is 1. The van der Waals surface area contributed by atoms with Gasteiger partial charge < -0.3 is 24.0 Å². The highest BCUT2D eigenvalue weighted by atomic mass is 16.7. The summed E-state index contributed by atoms with van der Waals surface area (Å²) >= 11 is 0. The molecule has 4 heterocycles. The van der Waals surface area contributed by atoms with E-state index in [1.807, 2.05) is 19.1 Å². The van der Waals surface area contributed by atoms with E-state index >= 15 is 0 Å². The second-order valence-electron chi connectivity index (χ2n) is 9.17. The van der Waals surface area contributed by atoms with Gasteiger partial charge >= 0.3 is 0 Å². The second-order valence-corrected chi connectivity index (χ2v) is 9.17. The minimum absolute atomic E-state index is 0.0740. The molecule has 1 aromatic carbocycles. The summed E-state index contributed by atoms with van der Waals surface area (Å²) in [6.07, 6.45) is 0.313. The fraction of sp³-hybridized carbons (Fsp3) is 0.609. The molecule has 0 spiro atoms. The van der Waals surface area contributed by atoms with Crippen LogP contribution in [0.15, 0.2) is 18.2 Å². The molecule has 170 valence electrons. The molecule has 32 heavy (non-hydrogen) atoms. The Balaban J connectivity index is 1.42. The first-order chi connectivity index (χ1) is 15.4. The summed E-state index contributed by atoms with van der Waals surface area (Å²) in [5, 5.41) is 10.1. The minimum Gasteiger partial charge on any atom is -0.454 e. The quantitative estimate of drug-likeness (QED) is 0.693. The van der Waals surface area contributed by atoms with Crippen molar-refractivity contribution >= 4 is 11.8 Å². The number of benzene rings is 1. The monoisotopic (exact) mass is 440 g/mol. The first-order valence-corrected chi connectivity index (χ1v) is 11.2. The topological polar surface area (TPSA) is 95.3 Å². The summed E-state index contributed by atoms with van der Waals surface area (Å²) in [6, 6.07) is 6.18. The highest BCUT2D eigenvalue weighted by Crippen LogP contribution is 2.52. The molecule has 4 aliphatic rings. The maximum absolute atomic E-state index is 13.6. The number of piperazine rings is 1. The van der Waals surface area contributed by atoms with Crippen molar-refractivity contribution in [2.45, 2.75) is 38.4 Å². The third-order valence-corrected chi connectivity index (χ3v) is 7.21. The Labute approximate surface area is 187 Å². The minimum atomic E-state index is -0.885. The third kappa shape index (κ3) is 3.29. The summed E-state index contributed by atoms with van der Waals surface area (Å²) in [4.78, 5) is 32.7. The van der Waals surface area contributed by atoms with Gasteiger partial charge in [0, 0.05) is 26.2 Å². The van der Waals surface area contributed by atoms with E-state index in [1.165, 1.54) is 0 Å². The molecule has 3 fully saturated rings. The van der Waals surface area contributed by atoms with Gasteiger partial charge in [-0.15, -0.1) is 0 Å². The summed E-state index contributed by atoms with van der Waals surface area (Å²) in [5.74, 6) is 1.06. The van der Waals surface area contributed by atoms with Crippen LogP contribution in [0, 0.1) is 16.7 Å². The molecule has 0 unspecified atom stereocenters. The van der Waals surface area contributed by atoms with Crippen LogP contribution in [0.5, 0.6) is 11.5 Å². The van der Waals surface area contributed by atoms with Crippen molar-refractivity contribution in [3.05, 3.63) is 23.8 Å². The lowest BCUT2D eigenvalue weighted by Crippen LogP contribution is -2.63. The summed E-state index contributed by atoms with van der Waals surface area (Å²) in [5.41, 5.74) is -0.0974. The van der Waals surface area contributed by atoms with E-state index < -0.39 is 23.5 Å². The van der Waals surface area contributed by atoms with Gasteiger partial charge in [0.15, 0.2) is 11.5 Å². The van der Waals surface area contributed by atoms with E-state index in [0.29, 0.717) is 44.2 Å². The van der Waals surface area contributed by atoms with Gasteiger partial charge in [0.1, 0.15) is 12.1 Å². The van der Waals surface area contributed by atoms with Crippen molar-refractivity contribution in [2.24, 2.45) is 5.41 Å². The molecular formula is C23H28N4O5. The number of amides is 2. The van der Waals surface area contributed by atoms with Gasteiger partial charge in [-0.05, 0) is 38.0 Å². The average Bonchev–Trinajstić information content (AvgIpc) is 3.40. The number of hydrogen-bond acceptors (Lipinski definition) is 7. The largest absolute Gasteiger partial charge is 0.454 e. The molecule has 9 nitrogen and oxygen atoms in total. The van der Waals surface area contributed by atoms with Crippen molar-refractivity contribution in [3.63, 3.8) is 0 Å². The maximum Gasteiger partial charge on any atom is 0.246 e. The fourth-order valence-corrected chi connectivity index (χ4v) is 5.41. The third-order valence-electron chi connectivity index (χ3n) is 7.21. The van der Waals surface area contributed by atoms with Gasteiger partial charge in [-0.2, -0.15) is 5.26 Å². The molecular weight excluding hydrogens is 412 g/mol. The van der Waals surface area contributed by atoms with Gasteiger partial charge in [0.25, 0.3) is 0 Å². The average molecular weight is 441 g/mol. The summed E-state index contributed by atoms with van der Waals surface area (Å²) < 4.78 is 16.3. The van der Waals surface area contributed by atoms with E-state index in [2.05, 4.69) is 11.0 Å². The number of nitrogens with zero attached hydrogens (tertiary/aromatic N) is 4. The van der Waals surface area contributed by atoms with E-state index in [4.69, 9.17) is 14.2 Å². The maximum atomic E-state index is 13.6. The van der Waals surface area contributed by atoms with Crippen LogP contribution in [0.3, 0.4) is 0 Å². The Hall–Kier alpha value is -2.83. The predicted molar refractivity (Wildman–Crippen MR) is 113 cm³/mol. The summed E-state index contributed by atoms with van der Waals surface area (Å²) in [7, 11) is 0. The molecule has 9 heteroatoms. The Bertz CT molecular complexity index is 972. The molecule has 4 atom stereocenters. The number of hydrogen-bond donors (Lipinski definition) is 0. The SMILES string of the molecule is C[C@@H]1C(=O)N2[C@@H](c3ccc4c(c3)OCO4)[C@@](C)(C#N)C[C@H]2C(=O)N1CCN1CCOCC1. The molecule has 0 aromatic heterocycles. The fourth-order valence-electron chi connectivity index (χ4n) is 5.41. The zero-order valence-corrected chi connectivity index (χ0v) is 18.5. The van der Waals surface area contributed by atoms with Crippen LogP contribution < -0.4 is 9.47 Å². The van der Waals surface area contributed by atoms with Crippen LogP contribution in [0.1, 0.15) is 31.9 Å². The van der Waals surface area contributed by atoms with E-state index in [-0.39, 0.29) is 18.6 Å². The molecule has 0 saturated carbocycles. The predicted octanol–water partition coefficient (Wildman–Crippen LogP) is 1.15. The molecule has 1 aromatic rings. The smallest absolute Gasteiger partial charge is 0.246 e. The highest BCUT2D eigenvalue weighted by molar-refractivity contribution is 5.98. The van der Waals surface area contributed by atoms with Crippen molar-refractivity contribution in [1.82, 2.24) is 14.7 Å². The Morgan fingerprint density at radius 1 is 1.12 bits per heavy atom. The van der Waals surface area contributed by atoms with E-state index in [0.717, 1.165) is 18.7 Å². The van der Waals surface area contributed by atoms with Crippen LogP contribution >= 0.6 is 0 Å². The number of carbonyl (C=O) groups is 2. The molecule has 0 N–H and O–H groups in total. The van der Waals surface area contributed by atoms with Crippen LogP contribution in [-0.2, 0) is 14.3 Å². The molecule has 4 aliphatic heterocycles. The lowest BCUT2D eigenvalue weighted by molar-refractivity contribution is -0.161. The second kappa shape index (κ2) is 7.94. The number of rotatable bonds is 4. The molecule has 0 aliphatic carbocycles. The number of ether oxygens (including phenoxy) is 3. The lowest BCUT2D eigenvalue weighted by Gasteiger charge is -2.44. The number of fused-ring (bicyclic) bond motifs is 2. The standard InChI is InChI=1S/C23H28N4O5/c1-15-21(28)27-17(22(29)26(15)6-5-25-7-9-30-10-8-25)12-23(2,13-24)20(27)16-3-4-18-19(11-16)32-14-31-18/h3-4,11,15,17,20H,5-10,12,14H2,1-2H3/t15-,17+,20+,23-/m1/s1. The van der Waals surface area contributed by atoms with Gasteiger partial charge in [-0.1, -0.05) is 6.07 Å². The highest BCUT2D eigenvalue weighted by Gasteiger charge is 2.59. The zero-order chi connectivity index (χ0) is 22.5. The van der Waals surface area contributed by atoms with Crippen molar-refractivity contribution in [1.29, 1.82) is 5.26 Å². The molecule has 3 saturated heterocycles. The first-order valence-electron chi connectivity index (χ1n) is 11.2. The lowest BCUT2D eigenvalue weighted by atomic mass is 9.79. The first kappa shape index (κ1) is 21.0. The Kier molecular flexibility index (Phi) is 5.22. The van der Waals surface area contributed by atoms with E-state index in [9.17, 15) is 14.9 Å². The molecule has 5 rings (SSSR count). The zero-order valence-electron chi connectivity index (χ0n) is 18.5. The van der Waals surface area contributed by atoms with Crippen molar-refractivity contribution < 1.29 is 23.8 Å². The summed E-state index contributed by atoms with van der Waals surface area (Å²) in [6.45, 7) is 8.02. The normalized spacial score (nSPS) is 32.2. The number of carbonyl (C=O) groups excluding carboxylic acids is 2. The van der Waals surface area contributed by atoms with Crippen molar-refractivity contribution in [2.75, 3.05) is 46.2 Å². The van der Waals surface area contributed by atoms with Crippen LogP contribution in [0.4, 0.5) is 0 Å². The van der Waals surface area contributed by atoms with Crippen LogP contribution in [0.2, 0.25) is 0 Å². The van der Waals surface area contributed by atoms with Crippen molar-refractivity contribution in [3.8, 4) is 17.6 Å². The Morgan fingerprint density at radius 2 is 1.88 bits per heavy atom. The van der Waals surface area contributed by atoms with Crippen LogP contribution in [0.25, 0.3) is 0 Å². The van der Waals surface area contributed by atoms with Gasteiger partial charge in [0.05, 0.1) is 30.7 Å². The van der Waals surface area contributed by atoms with E-state index in [1.54, 1.807) is 22.8 Å². The van der Waals surface area contributed by atoms with Crippen LogP contribution in [-0.4, -0.2) is 84.8 Å². The van der Waals surface area contributed by atoms with Gasteiger partial charge in [0.2, 0.25) is 18.6 Å². The van der Waals surface area contributed by atoms with Gasteiger partial charge in [-0.25, -0.2) is 0 Å². The molecule has 0 radical (unpaired) electrons. The Morgan fingerprint density at radius 3 is 2.62 bits per heavy atom. The molecule has 2 amide bonds. The molecule has 0 bridgehead atoms.